The van der Waals surface area contributed by atoms with E-state index in [0.717, 1.165) is 28.1 Å². The molecule has 0 unspecified atom stereocenters. The lowest BCUT2D eigenvalue weighted by atomic mass is 9.99. The molecule has 0 N–H and O–H groups in total. The number of esters is 1. The average Bonchev–Trinajstić information content (AvgIpc) is 3.25. The van der Waals surface area contributed by atoms with Crippen LogP contribution < -0.4 is 0 Å². The van der Waals surface area contributed by atoms with Gasteiger partial charge in [-0.1, -0.05) is 72.3 Å². The highest BCUT2D eigenvalue weighted by molar-refractivity contribution is 6.30. The van der Waals surface area contributed by atoms with Gasteiger partial charge in [0.25, 0.3) is 0 Å². The molecule has 31 heavy (non-hydrogen) atoms. The molecule has 0 aliphatic carbocycles. The number of ether oxygens (including phenoxy) is 1. The Balaban J connectivity index is 1.94. The van der Waals surface area contributed by atoms with Crippen molar-refractivity contribution in [1.82, 2.24) is 9.78 Å². The number of hydrogen-bond donors (Lipinski definition) is 0. The number of halogens is 1. The van der Waals surface area contributed by atoms with Gasteiger partial charge in [0.1, 0.15) is 0 Å². The van der Waals surface area contributed by atoms with E-state index in [-0.39, 0.29) is 12.3 Å². The van der Waals surface area contributed by atoms with Crippen molar-refractivity contribution in [2.45, 2.75) is 6.92 Å². The van der Waals surface area contributed by atoms with Gasteiger partial charge in [-0.05, 0) is 54.5 Å². The molecule has 4 rings (SSSR count). The normalized spacial score (nSPS) is 11.4. The molecule has 0 spiro atoms. The van der Waals surface area contributed by atoms with Crippen molar-refractivity contribution in [2.75, 3.05) is 6.61 Å². The maximum Gasteiger partial charge on any atom is 0.358 e. The van der Waals surface area contributed by atoms with Gasteiger partial charge in [-0.3, -0.25) is 0 Å². The zero-order chi connectivity index (χ0) is 21.6. The van der Waals surface area contributed by atoms with Crippen LogP contribution in [0.5, 0.6) is 0 Å². The zero-order valence-corrected chi connectivity index (χ0v) is 17.8. The van der Waals surface area contributed by atoms with E-state index in [1.54, 1.807) is 29.8 Å². The molecule has 1 aromatic heterocycles. The van der Waals surface area contributed by atoms with Crippen LogP contribution in [-0.4, -0.2) is 22.4 Å². The van der Waals surface area contributed by atoms with E-state index in [9.17, 15) is 4.79 Å². The fourth-order valence-electron chi connectivity index (χ4n) is 3.30. The summed E-state index contributed by atoms with van der Waals surface area (Å²) in [6.45, 7) is 2.06. The maximum absolute atomic E-state index is 12.5. The first kappa shape index (κ1) is 20.6. The molecule has 154 valence electrons. The molecular weight excluding hydrogens is 408 g/mol. The van der Waals surface area contributed by atoms with Gasteiger partial charge < -0.3 is 4.74 Å². The Labute approximate surface area is 186 Å². The number of carbonyl (C=O) groups excluding carboxylic acids is 1. The predicted molar refractivity (Wildman–Crippen MR) is 124 cm³/mol. The minimum Gasteiger partial charge on any atom is -0.461 e. The van der Waals surface area contributed by atoms with Crippen molar-refractivity contribution in [1.29, 1.82) is 0 Å². The number of hydrogen-bond acceptors (Lipinski definition) is 3. The Hall–Kier alpha value is -3.63. The van der Waals surface area contributed by atoms with Gasteiger partial charge in [-0.2, -0.15) is 5.10 Å². The summed E-state index contributed by atoms with van der Waals surface area (Å²) in [7, 11) is 0. The molecule has 0 bridgehead atoms. The fourth-order valence-corrected chi connectivity index (χ4v) is 3.42. The molecule has 4 aromatic rings. The second-order valence-electron chi connectivity index (χ2n) is 6.86. The van der Waals surface area contributed by atoms with Crippen molar-refractivity contribution in [2.24, 2.45) is 0 Å². The van der Waals surface area contributed by atoms with Gasteiger partial charge in [-0.25, -0.2) is 9.48 Å². The minimum atomic E-state index is -0.455. The molecule has 0 fully saturated rings. The Morgan fingerprint density at radius 3 is 2.26 bits per heavy atom. The number of aromatic nitrogens is 2. The molecule has 0 aliphatic heterocycles. The lowest BCUT2D eigenvalue weighted by Crippen LogP contribution is -2.07. The molecular formula is C26H21ClN2O2. The van der Waals surface area contributed by atoms with Gasteiger partial charge in [0.15, 0.2) is 5.69 Å². The van der Waals surface area contributed by atoms with E-state index < -0.39 is 5.97 Å². The summed E-state index contributed by atoms with van der Waals surface area (Å²) in [5.74, 6) is -0.455. The van der Waals surface area contributed by atoms with Crippen LogP contribution in [0.25, 0.3) is 17.3 Å². The molecule has 4 nitrogen and oxygen atoms in total. The molecule has 0 saturated carbocycles. The Morgan fingerprint density at radius 2 is 1.61 bits per heavy atom. The Bertz CT molecular complexity index is 1200. The summed E-state index contributed by atoms with van der Waals surface area (Å²) >= 11 is 6.09. The van der Waals surface area contributed by atoms with Crippen LogP contribution in [0.3, 0.4) is 0 Å². The second kappa shape index (κ2) is 9.45. The first-order valence-corrected chi connectivity index (χ1v) is 10.4. The summed E-state index contributed by atoms with van der Waals surface area (Å²) in [6, 6.07) is 29.2. The fraction of sp³-hybridized carbons (Fsp3) is 0.0769. The molecule has 1 heterocycles. The van der Waals surface area contributed by atoms with E-state index >= 15 is 0 Å². The smallest absolute Gasteiger partial charge is 0.358 e. The third-order valence-electron chi connectivity index (χ3n) is 4.74. The summed E-state index contributed by atoms with van der Waals surface area (Å²) in [4.78, 5) is 12.5. The largest absolute Gasteiger partial charge is 0.461 e. The van der Waals surface area contributed by atoms with Gasteiger partial charge in [-0.15, -0.1) is 0 Å². The SMILES string of the molecule is CCOC(=O)c1cc(/C(=C/c2ccccc2)c2ccccc2)n(-c2ccc(Cl)cc2)n1. The lowest BCUT2D eigenvalue weighted by Gasteiger charge is -2.12. The quantitative estimate of drug-likeness (QED) is 0.267. The predicted octanol–water partition coefficient (Wildman–Crippen LogP) is 6.29. The Morgan fingerprint density at radius 1 is 0.968 bits per heavy atom. The molecule has 0 saturated heterocycles. The molecule has 3 aromatic carbocycles. The third-order valence-corrected chi connectivity index (χ3v) is 4.99. The minimum absolute atomic E-state index is 0.252. The van der Waals surface area contributed by atoms with Crippen molar-refractivity contribution >= 4 is 29.2 Å². The van der Waals surface area contributed by atoms with Crippen molar-refractivity contribution in [3.63, 3.8) is 0 Å². The number of rotatable bonds is 6. The van der Waals surface area contributed by atoms with Crippen molar-refractivity contribution < 1.29 is 9.53 Å². The van der Waals surface area contributed by atoms with Gasteiger partial charge >= 0.3 is 5.97 Å². The van der Waals surface area contributed by atoms with Crippen LogP contribution in [0, 0.1) is 0 Å². The van der Waals surface area contributed by atoms with Crippen LogP contribution in [-0.2, 0) is 4.74 Å². The van der Waals surface area contributed by atoms with E-state index in [1.165, 1.54) is 0 Å². The van der Waals surface area contributed by atoms with E-state index in [0.29, 0.717) is 5.02 Å². The molecule has 5 heteroatoms. The van der Waals surface area contributed by atoms with Crippen LogP contribution in [0.1, 0.15) is 34.2 Å². The average molecular weight is 429 g/mol. The molecule has 0 atom stereocenters. The number of carbonyl (C=O) groups is 1. The first-order valence-electron chi connectivity index (χ1n) is 10.0. The highest BCUT2D eigenvalue weighted by atomic mass is 35.5. The summed E-state index contributed by atoms with van der Waals surface area (Å²) < 4.78 is 6.95. The maximum atomic E-state index is 12.5. The third kappa shape index (κ3) is 4.76. The van der Waals surface area contributed by atoms with E-state index in [2.05, 4.69) is 11.2 Å². The van der Waals surface area contributed by atoms with E-state index in [1.807, 2.05) is 72.8 Å². The summed E-state index contributed by atoms with van der Waals surface area (Å²) in [6.07, 6.45) is 2.09. The molecule has 0 radical (unpaired) electrons. The van der Waals surface area contributed by atoms with Gasteiger partial charge in [0.2, 0.25) is 0 Å². The monoisotopic (exact) mass is 428 g/mol. The molecule has 0 aliphatic rings. The van der Waals surface area contributed by atoms with Crippen molar-refractivity contribution in [3.05, 3.63) is 119 Å². The zero-order valence-electron chi connectivity index (χ0n) is 17.0. The highest BCUT2D eigenvalue weighted by Crippen LogP contribution is 2.29. The van der Waals surface area contributed by atoms with E-state index in [4.69, 9.17) is 16.3 Å². The van der Waals surface area contributed by atoms with Gasteiger partial charge in [0.05, 0.1) is 18.0 Å². The lowest BCUT2D eigenvalue weighted by molar-refractivity contribution is 0.0519. The van der Waals surface area contributed by atoms with Crippen LogP contribution in [0.4, 0.5) is 0 Å². The second-order valence-corrected chi connectivity index (χ2v) is 7.29. The summed E-state index contributed by atoms with van der Waals surface area (Å²) in [5.41, 5.74) is 4.82. The first-order chi connectivity index (χ1) is 15.2. The Kier molecular flexibility index (Phi) is 6.29. The van der Waals surface area contributed by atoms with Crippen LogP contribution >= 0.6 is 11.6 Å². The number of nitrogens with zero attached hydrogens (tertiary/aromatic N) is 2. The highest BCUT2D eigenvalue weighted by Gasteiger charge is 2.20. The summed E-state index contributed by atoms with van der Waals surface area (Å²) in [5, 5.41) is 5.21. The topological polar surface area (TPSA) is 44.1 Å². The standard InChI is InChI=1S/C26H21ClN2O2/c1-2-31-26(30)24-18-25(29(28-24)22-15-13-21(27)14-16-22)23(20-11-7-4-8-12-20)17-19-9-5-3-6-10-19/h3-18H,2H2,1H3/b23-17+. The van der Waals surface area contributed by atoms with Crippen molar-refractivity contribution in [3.8, 4) is 5.69 Å². The molecule has 0 amide bonds. The van der Waals surface area contributed by atoms with Crippen LogP contribution in [0.15, 0.2) is 91.0 Å². The number of benzene rings is 3. The van der Waals surface area contributed by atoms with Crippen LogP contribution in [0.2, 0.25) is 5.02 Å². The van der Waals surface area contributed by atoms with Gasteiger partial charge in [0, 0.05) is 10.6 Å².